The van der Waals surface area contributed by atoms with Crippen molar-refractivity contribution in [2.45, 2.75) is 13.0 Å². The van der Waals surface area contributed by atoms with E-state index >= 15 is 0 Å². The van der Waals surface area contributed by atoms with Crippen LogP contribution in [0, 0.1) is 11.3 Å². The van der Waals surface area contributed by atoms with Gasteiger partial charge in [0.05, 0.1) is 23.5 Å². The molecule has 7 heteroatoms. The van der Waals surface area contributed by atoms with E-state index in [1.165, 1.54) is 23.7 Å². The van der Waals surface area contributed by atoms with Crippen LogP contribution in [0.15, 0.2) is 18.5 Å². The Balaban J connectivity index is 1.90. The van der Waals surface area contributed by atoms with Crippen molar-refractivity contribution in [1.82, 2.24) is 15.5 Å². The van der Waals surface area contributed by atoms with Gasteiger partial charge in [-0.2, -0.15) is 15.5 Å². The summed E-state index contributed by atoms with van der Waals surface area (Å²) in [4.78, 5) is 13.2. The molecule has 1 aliphatic heterocycles. The van der Waals surface area contributed by atoms with Crippen molar-refractivity contribution in [2.75, 3.05) is 11.9 Å². The van der Waals surface area contributed by atoms with Crippen molar-refractivity contribution in [3.05, 3.63) is 40.0 Å². The van der Waals surface area contributed by atoms with Crippen molar-refractivity contribution in [3.8, 4) is 6.07 Å². The number of nitrogens with zero attached hydrogens (tertiary/aromatic N) is 3. The van der Waals surface area contributed by atoms with E-state index in [1.54, 1.807) is 6.07 Å². The molecule has 0 atom stereocenters. The van der Waals surface area contributed by atoms with E-state index in [-0.39, 0.29) is 5.91 Å². The van der Waals surface area contributed by atoms with Crippen LogP contribution in [0.3, 0.4) is 0 Å². The molecule has 0 radical (unpaired) electrons. The molecular formula is C13H11N5OS. The van der Waals surface area contributed by atoms with Crippen LogP contribution >= 0.6 is 11.3 Å². The Bertz CT molecular complexity index is 689. The van der Waals surface area contributed by atoms with Crippen LogP contribution in [0.1, 0.15) is 26.4 Å². The number of hydrogen-bond donors (Lipinski definition) is 2. The molecule has 1 aliphatic rings. The molecule has 2 aromatic heterocycles. The van der Waals surface area contributed by atoms with Gasteiger partial charge in [-0.25, -0.2) is 0 Å². The molecule has 2 aromatic rings. The Labute approximate surface area is 119 Å². The zero-order valence-corrected chi connectivity index (χ0v) is 11.3. The molecule has 100 valence electrons. The number of thiophene rings is 1. The lowest BCUT2D eigenvalue weighted by molar-refractivity contribution is 0.102. The lowest BCUT2D eigenvalue weighted by Gasteiger charge is -2.11. The van der Waals surface area contributed by atoms with Crippen LogP contribution in [0.4, 0.5) is 5.00 Å². The molecule has 0 unspecified atom stereocenters. The highest BCUT2D eigenvalue weighted by atomic mass is 32.1. The third-order valence-corrected chi connectivity index (χ3v) is 4.26. The molecule has 0 aliphatic carbocycles. The van der Waals surface area contributed by atoms with Gasteiger partial charge in [-0.15, -0.1) is 11.3 Å². The van der Waals surface area contributed by atoms with Gasteiger partial charge in [0.1, 0.15) is 11.1 Å². The number of carbonyl (C=O) groups is 1. The van der Waals surface area contributed by atoms with Crippen LogP contribution in [0.5, 0.6) is 0 Å². The maximum atomic E-state index is 12.1. The first kappa shape index (κ1) is 12.7. The summed E-state index contributed by atoms with van der Waals surface area (Å²) in [5, 5.41) is 23.3. The lowest BCUT2D eigenvalue weighted by Crippen LogP contribution is -2.22. The fourth-order valence-electron chi connectivity index (χ4n) is 2.14. The first-order valence-corrected chi connectivity index (χ1v) is 6.94. The van der Waals surface area contributed by atoms with Crippen molar-refractivity contribution in [1.29, 1.82) is 5.26 Å². The average molecular weight is 285 g/mol. The molecule has 0 fully saturated rings. The van der Waals surface area contributed by atoms with Gasteiger partial charge in [0, 0.05) is 11.4 Å². The summed E-state index contributed by atoms with van der Waals surface area (Å²) in [6, 6.07) is 3.79. The van der Waals surface area contributed by atoms with Gasteiger partial charge in [0.15, 0.2) is 0 Å². The fraction of sp³-hybridized carbons (Fsp3) is 0.231. The molecule has 3 rings (SSSR count). The van der Waals surface area contributed by atoms with Crippen LogP contribution in [0.2, 0.25) is 0 Å². The van der Waals surface area contributed by atoms with E-state index in [2.05, 4.69) is 26.9 Å². The standard InChI is InChI=1S/C13H11N5OS/c14-5-10-9-2-3-15-7-11(9)20-13(10)18-12(19)8-1-4-16-17-6-8/h1,4,6,15H,2-3,7H2,(H,18,19). The maximum absolute atomic E-state index is 12.1. The van der Waals surface area contributed by atoms with Crippen LogP contribution in [0.25, 0.3) is 0 Å². The third kappa shape index (κ3) is 2.27. The first-order valence-electron chi connectivity index (χ1n) is 6.13. The molecule has 20 heavy (non-hydrogen) atoms. The predicted molar refractivity (Wildman–Crippen MR) is 74.4 cm³/mol. The number of aromatic nitrogens is 2. The van der Waals surface area contributed by atoms with Gasteiger partial charge < -0.3 is 10.6 Å². The highest BCUT2D eigenvalue weighted by molar-refractivity contribution is 7.16. The van der Waals surface area contributed by atoms with Gasteiger partial charge in [-0.3, -0.25) is 4.79 Å². The number of fused-ring (bicyclic) bond motifs is 1. The van der Waals surface area contributed by atoms with Gasteiger partial charge in [-0.1, -0.05) is 0 Å². The van der Waals surface area contributed by atoms with Crippen LogP contribution in [-0.2, 0) is 13.0 Å². The molecule has 0 aromatic carbocycles. The zero-order chi connectivity index (χ0) is 13.9. The molecule has 6 nitrogen and oxygen atoms in total. The second kappa shape index (κ2) is 5.36. The molecule has 0 spiro atoms. The Hall–Kier alpha value is -2.30. The lowest BCUT2D eigenvalue weighted by atomic mass is 10.1. The summed E-state index contributed by atoms with van der Waals surface area (Å²) in [7, 11) is 0. The second-order valence-electron chi connectivity index (χ2n) is 4.33. The van der Waals surface area contributed by atoms with Gasteiger partial charge in [0.25, 0.3) is 5.91 Å². The summed E-state index contributed by atoms with van der Waals surface area (Å²) >= 11 is 1.46. The summed E-state index contributed by atoms with van der Waals surface area (Å²) in [6.45, 7) is 1.61. The summed E-state index contributed by atoms with van der Waals surface area (Å²) in [5.41, 5.74) is 2.06. The minimum absolute atomic E-state index is 0.275. The monoisotopic (exact) mass is 285 g/mol. The Morgan fingerprint density at radius 2 is 2.40 bits per heavy atom. The van der Waals surface area contributed by atoms with Gasteiger partial charge >= 0.3 is 0 Å². The summed E-state index contributed by atoms with van der Waals surface area (Å²) in [6.07, 6.45) is 3.68. The highest BCUT2D eigenvalue weighted by Crippen LogP contribution is 2.34. The summed E-state index contributed by atoms with van der Waals surface area (Å²) in [5.74, 6) is -0.275. The number of nitriles is 1. The van der Waals surface area contributed by atoms with E-state index in [4.69, 9.17) is 0 Å². The minimum Gasteiger partial charge on any atom is -0.312 e. The molecule has 0 saturated carbocycles. The average Bonchev–Trinajstić information content (AvgIpc) is 2.85. The molecule has 2 N–H and O–H groups in total. The Morgan fingerprint density at radius 1 is 1.50 bits per heavy atom. The maximum Gasteiger partial charge on any atom is 0.257 e. The normalized spacial score (nSPS) is 13.3. The smallest absolute Gasteiger partial charge is 0.257 e. The van der Waals surface area contributed by atoms with Crippen molar-refractivity contribution >= 4 is 22.2 Å². The first-order chi connectivity index (χ1) is 9.79. The van der Waals surface area contributed by atoms with E-state index < -0.39 is 0 Å². The summed E-state index contributed by atoms with van der Waals surface area (Å²) < 4.78 is 0. The number of hydrogen-bond acceptors (Lipinski definition) is 6. The third-order valence-electron chi connectivity index (χ3n) is 3.11. The van der Waals surface area contributed by atoms with E-state index in [9.17, 15) is 10.1 Å². The Morgan fingerprint density at radius 3 is 3.15 bits per heavy atom. The number of anilines is 1. The Kier molecular flexibility index (Phi) is 3.41. The second-order valence-corrected chi connectivity index (χ2v) is 5.44. The topological polar surface area (TPSA) is 90.7 Å². The van der Waals surface area contributed by atoms with Crippen LogP contribution < -0.4 is 10.6 Å². The number of amides is 1. The quantitative estimate of drug-likeness (QED) is 0.868. The zero-order valence-electron chi connectivity index (χ0n) is 10.5. The molecule has 1 amide bonds. The molecule has 0 bridgehead atoms. The van der Waals surface area contributed by atoms with Gasteiger partial charge in [-0.05, 0) is 24.6 Å². The van der Waals surface area contributed by atoms with E-state index in [0.29, 0.717) is 16.1 Å². The number of carbonyl (C=O) groups excluding carboxylic acids is 1. The SMILES string of the molecule is N#Cc1c(NC(=O)c2ccnnc2)sc2c1CCNC2. The van der Waals surface area contributed by atoms with Crippen molar-refractivity contribution < 1.29 is 4.79 Å². The molecular weight excluding hydrogens is 274 g/mol. The molecule has 0 saturated heterocycles. The van der Waals surface area contributed by atoms with E-state index in [0.717, 1.165) is 30.0 Å². The number of nitrogens with one attached hydrogen (secondary N) is 2. The molecule has 3 heterocycles. The highest BCUT2D eigenvalue weighted by Gasteiger charge is 2.21. The van der Waals surface area contributed by atoms with Gasteiger partial charge in [0.2, 0.25) is 0 Å². The van der Waals surface area contributed by atoms with E-state index in [1.807, 2.05) is 0 Å². The minimum atomic E-state index is -0.275. The van der Waals surface area contributed by atoms with Crippen LogP contribution in [-0.4, -0.2) is 22.6 Å². The van der Waals surface area contributed by atoms with Crippen molar-refractivity contribution in [2.24, 2.45) is 0 Å². The number of rotatable bonds is 2. The predicted octanol–water partition coefficient (Wildman–Crippen LogP) is 1.31. The largest absolute Gasteiger partial charge is 0.312 e. The fourth-order valence-corrected chi connectivity index (χ4v) is 3.30. The van der Waals surface area contributed by atoms with Crippen molar-refractivity contribution in [3.63, 3.8) is 0 Å².